The van der Waals surface area contributed by atoms with E-state index in [1.165, 1.54) is 0 Å². The molecule has 0 aliphatic heterocycles. The van der Waals surface area contributed by atoms with E-state index in [1.807, 2.05) is 182 Å². The summed E-state index contributed by atoms with van der Waals surface area (Å²) >= 11 is 0. The van der Waals surface area contributed by atoms with Crippen LogP contribution in [0.3, 0.4) is 0 Å². The predicted molar refractivity (Wildman–Crippen MR) is 194 cm³/mol. The highest BCUT2D eigenvalue weighted by Crippen LogP contribution is 2.48. The van der Waals surface area contributed by atoms with Crippen LogP contribution in [0.4, 0.5) is 0 Å². The fourth-order valence-electron chi connectivity index (χ4n) is 6.01. The summed E-state index contributed by atoms with van der Waals surface area (Å²) in [4.78, 5) is 4.67. The summed E-state index contributed by atoms with van der Waals surface area (Å²) < 4.78 is 31.6. The normalized spacial score (nSPS) is 11.7. The monoisotopic (exact) mass is 631 g/mol. The van der Waals surface area contributed by atoms with Gasteiger partial charge >= 0.3 is 0 Å². The molecule has 0 atom stereocenters. The van der Waals surface area contributed by atoms with Gasteiger partial charge in [-0.05, 0) is 29.3 Å². The third kappa shape index (κ3) is 5.39. The highest BCUT2D eigenvalue weighted by atomic mass is 31.2. The summed E-state index contributed by atoms with van der Waals surface area (Å²) in [6, 6.07) is 58.4. The molecule has 0 bridgehead atoms. The van der Waals surface area contributed by atoms with Gasteiger partial charge in [-0.1, -0.05) is 164 Å². The first kappa shape index (κ1) is 29.6. The Morgan fingerprint density at radius 1 is 0.370 bits per heavy atom. The standard InChI is InChI=1S/C41H31NO2P2/c43-45(34-18-8-2-9-19-34,35-20-10-3-11-21-35)38-26-27-39(33-28-29-42-40(30-33)32-16-6-1-7-17-32)41(31-38)46(44,36-22-12-4-13-23-36)37-24-14-5-15-25-37/h1-31H. The molecule has 0 saturated heterocycles. The second kappa shape index (κ2) is 12.7. The van der Waals surface area contributed by atoms with Crippen LogP contribution in [0, 0.1) is 0 Å². The van der Waals surface area contributed by atoms with Gasteiger partial charge in [0.25, 0.3) is 0 Å². The molecule has 1 heterocycles. The van der Waals surface area contributed by atoms with Gasteiger partial charge in [-0.15, -0.1) is 0 Å². The van der Waals surface area contributed by atoms with Crippen molar-refractivity contribution in [1.29, 1.82) is 0 Å². The lowest BCUT2D eigenvalue weighted by molar-refractivity contribution is 0.592. The lowest BCUT2D eigenvalue weighted by Crippen LogP contribution is -2.31. The van der Waals surface area contributed by atoms with Crippen LogP contribution in [0.25, 0.3) is 22.4 Å². The number of benzene rings is 6. The molecule has 7 rings (SSSR count). The van der Waals surface area contributed by atoms with Crippen LogP contribution in [-0.4, -0.2) is 4.98 Å². The van der Waals surface area contributed by atoms with Gasteiger partial charge in [-0.3, -0.25) is 4.98 Å². The zero-order valence-corrected chi connectivity index (χ0v) is 26.8. The van der Waals surface area contributed by atoms with E-state index in [0.29, 0.717) is 21.2 Å². The van der Waals surface area contributed by atoms with Crippen molar-refractivity contribution in [3.63, 3.8) is 0 Å². The lowest BCUT2D eigenvalue weighted by Gasteiger charge is -2.26. The van der Waals surface area contributed by atoms with E-state index in [-0.39, 0.29) is 0 Å². The van der Waals surface area contributed by atoms with E-state index in [1.54, 1.807) is 6.20 Å². The van der Waals surface area contributed by atoms with Crippen molar-refractivity contribution < 1.29 is 9.13 Å². The molecule has 3 nitrogen and oxygen atoms in total. The van der Waals surface area contributed by atoms with Crippen molar-refractivity contribution in [3.8, 4) is 22.4 Å². The van der Waals surface area contributed by atoms with Crippen molar-refractivity contribution in [1.82, 2.24) is 4.98 Å². The van der Waals surface area contributed by atoms with E-state index in [9.17, 15) is 0 Å². The van der Waals surface area contributed by atoms with Crippen molar-refractivity contribution in [2.45, 2.75) is 0 Å². The first-order chi connectivity index (χ1) is 22.6. The quantitative estimate of drug-likeness (QED) is 0.162. The molecule has 0 saturated carbocycles. The maximum atomic E-state index is 16.0. The molecule has 0 unspecified atom stereocenters. The second-order valence-electron chi connectivity index (χ2n) is 11.1. The molecule has 1 aromatic heterocycles. The third-order valence-electron chi connectivity index (χ3n) is 8.30. The maximum Gasteiger partial charge on any atom is 0.171 e. The molecule has 0 amide bonds. The number of hydrogen-bond acceptors (Lipinski definition) is 3. The average molecular weight is 632 g/mol. The van der Waals surface area contributed by atoms with Gasteiger partial charge in [0, 0.05) is 43.6 Å². The molecule has 0 fully saturated rings. The van der Waals surface area contributed by atoms with E-state index in [4.69, 9.17) is 0 Å². The fourth-order valence-corrected chi connectivity index (χ4v) is 11.7. The lowest BCUT2D eigenvalue weighted by atomic mass is 10.0. The fraction of sp³-hybridized carbons (Fsp3) is 0. The minimum Gasteiger partial charge on any atom is -0.309 e. The third-order valence-corrected chi connectivity index (χ3v) is 14.5. The molecule has 0 spiro atoms. The van der Waals surface area contributed by atoms with E-state index >= 15 is 9.13 Å². The first-order valence-electron chi connectivity index (χ1n) is 15.2. The van der Waals surface area contributed by atoms with Crippen LogP contribution in [0.2, 0.25) is 0 Å². The molecule has 0 aliphatic carbocycles. The molecule has 46 heavy (non-hydrogen) atoms. The first-order valence-corrected chi connectivity index (χ1v) is 18.6. The van der Waals surface area contributed by atoms with Crippen LogP contribution in [0.1, 0.15) is 0 Å². The summed E-state index contributed by atoms with van der Waals surface area (Å²) in [7, 11) is -6.85. The number of nitrogens with zero attached hydrogens (tertiary/aromatic N) is 1. The van der Waals surface area contributed by atoms with Gasteiger partial charge < -0.3 is 9.13 Å². The number of rotatable bonds is 8. The Bertz CT molecular complexity index is 2100. The summed E-state index contributed by atoms with van der Waals surface area (Å²) in [6.07, 6.45) is 1.80. The Morgan fingerprint density at radius 3 is 1.28 bits per heavy atom. The van der Waals surface area contributed by atoms with Crippen molar-refractivity contribution in [3.05, 3.63) is 188 Å². The molecule has 6 aromatic carbocycles. The van der Waals surface area contributed by atoms with Crippen LogP contribution < -0.4 is 31.8 Å². The molecule has 0 radical (unpaired) electrons. The summed E-state index contributed by atoms with van der Waals surface area (Å²) in [5.41, 5.74) is 3.51. The molecule has 0 N–H and O–H groups in total. The van der Waals surface area contributed by atoms with Gasteiger partial charge in [-0.2, -0.15) is 0 Å². The minimum atomic E-state index is -3.49. The van der Waals surface area contributed by atoms with Crippen LogP contribution >= 0.6 is 14.3 Å². The zero-order valence-electron chi connectivity index (χ0n) is 25.1. The molecule has 0 aliphatic rings. The SMILES string of the molecule is O=P(c1ccccc1)(c1ccccc1)c1ccc(-c2ccnc(-c3ccccc3)c2)c(P(=O)(c2ccccc2)c2ccccc2)c1. The Labute approximate surface area is 270 Å². The summed E-state index contributed by atoms with van der Waals surface area (Å²) in [5, 5.41) is 4.15. The highest BCUT2D eigenvalue weighted by Gasteiger charge is 2.36. The smallest absolute Gasteiger partial charge is 0.171 e. The van der Waals surface area contributed by atoms with Crippen molar-refractivity contribution in [2.75, 3.05) is 0 Å². The Kier molecular flexibility index (Phi) is 8.20. The van der Waals surface area contributed by atoms with E-state index in [2.05, 4.69) is 4.98 Å². The molecular weight excluding hydrogens is 600 g/mol. The zero-order chi connectivity index (χ0) is 31.4. The number of aromatic nitrogens is 1. The van der Waals surface area contributed by atoms with Gasteiger partial charge in [0.05, 0.1) is 5.69 Å². The summed E-state index contributed by atoms with van der Waals surface area (Å²) in [6.45, 7) is 0. The number of pyridine rings is 1. The Hall–Kier alpha value is -5.07. The maximum absolute atomic E-state index is 16.0. The Balaban J connectivity index is 1.55. The predicted octanol–water partition coefficient (Wildman–Crippen LogP) is 7.69. The topological polar surface area (TPSA) is 47.0 Å². The van der Waals surface area contributed by atoms with Crippen LogP contribution in [-0.2, 0) is 9.13 Å². The second-order valence-corrected chi connectivity index (χ2v) is 16.6. The minimum absolute atomic E-state index is 0.632. The van der Waals surface area contributed by atoms with E-state index < -0.39 is 14.3 Å². The van der Waals surface area contributed by atoms with Gasteiger partial charge in [0.2, 0.25) is 0 Å². The molecular formula is C41H31NO2P2. The number of hydrogen-bond donors (Lipinski definition) is 0. The summed E-state index contributed by atoms with van der Waals surface area (Å²) in [5.74, 6) is 0. The molecule has 222 valence electrons. The van der Waals surface area contributed by atoms with Crippen molar-refractivity contribution in [2.24, 2.45) is 0 Å². The Morgan fingerprint density at radius 2 is 0.804 bits per heavy atom. The van der Waals surface area contributed by atoms with Crippen LogP contribution in [0.15, 0.2) is 188 Å². The van der Waals surface area contributed by atoms with E-state index in [0.717, 1.165) is 33.0 Å². The molecule has 5 heteroatoms. The largest absolute Gasteiger partial charge is 0.309 e. The van der Waals surface area contributed by atoms with Crippen LogP contribution in [0.5, 0.6) is 0 Å². The van der Waals surface area contributed by atoms with Gasteiger partial charge in [0.1, 0.15) is 0 Å². The molecule has 7 aromatic rings. The van der Waals surface area contributed by atoms with Crippen molar-refractivity contribution >= 4 is 46.1 Å². The van der Waals surface area contributed by atoms with Gasteiger partial charge in [0.15, 0.2) is 14.3 Å². The highest BCUT2D eigenvalue weighted by molar-refractivity contribution is 7.86. The van der Waals surface area contributed by atoms with Gasteiger partial charge in [-0.25, -0.2) is 0 Å². The average Bonchev–Trinajstić information content (AvgIpc) is 3.16.